The van der Waals surface area contributed by atoms with Gasteiger partial charge in [-0.1, -0.05) is 73.3 Å². The Morgan fingerprint density at radius 2 is 1.74 bits per heavy atom. The molecule has 1 aliphatic heterocycles. The molecule has 3 N–H and O–H groups in total. The summed E-state index contributed by atoms with van der Waals surface area (Å²) in [6, 6.07) is 24.2. The van der Waals surface area contributed by atoms with Crippen LogP contribution in [0.25, 0.3) is 10.2 Å². The van der Waals surface area contributed by atoms with Crippen LogP contribution in [0, 0.1) is 0 Å². The monoisotopic (exact) mass is 490 g/mol. The lowest BCUT2D eigenvalue weighted by atomic mass is 10.1. The van der Waals surface area contributed by atoms with Crippen molar-refractivity contribution in [2.45, 2.75) is 32.7 Å². The van der Waals surface area contributed by atoms with Gasteiger partial charge in [0.2, 0.25) is 0 Å². The molecule has 0 amide bonds. The van der Waals surface area contributed by atoms with Crippen LogP contribution in [0.5, 0.6) is 5.75 Å². The van der Waals surface area contributed by atoms with Gasteiger partial charge in [0, 0.05) is 18.0 Å². The van der Waals surface area contributed by atoms with Crippen molar-refractivity contribution in [1.29, 1.82) is 0 Å². The van der Waals surface area contributed by atoms with Gasteiger partial charge >= 0.3 is 0 Å². The van der Waals surface area contributed by atoms with E-state index in [9.17, 15) is 5.11 Å². The number of hydrogen-bond donors (Lipinski definition) is 3. The van der Waals surface area contributed by atoms with E-state index >= 15 is 0 Å². The van der Waals surface area contributed by atoms with Crippen LogP contribution < -0.4 is 10.6 Å². The van der Waals surface area contributed by atoms with Crippen molar-refractivity contribution in [3.8, 4) is 5.75 Å². The minimum Gasteiger partial charge on any atom is -0.508 e. The maximum absolute atomic E-state index is 9.51. The summed E-state index contributed by atoms with van der Waals surface area (Å²) in [6.45, 7) is 4.85. The van der Waals surface area contributed by atoms with Gasteiger partial charge in [-0.3, -0.25) is 4.99 Å². The summed E-state index contributed by atoms with van der Waals surface area (Å²) >= 11 is 3.44. The minimum absolute atomic E-state index is 0.132. The van der Waals surface area contributed by atoms with E-state index in [1.165, 1.54) is 10.3 Å². The number of amidine groups is 1. The Morgan fingerprint density at radius 3 is 2.50 bits per heavy atom. The standard InChI is InChI=1S/C25H24N4OS2.C2H6/c30-20-11-7-18(8-12-20)21-14-16-31-25(28-21)27-19-9-5-17(6-10-19)13-15-26-24-29-22-3-1-2-4-23(22)32-24;1-2/h1-12,21,30H,13-16H2,(H,26,29)(H,27,28);1-2H3. The first-order valence-electron chi connectivity index (χ1n) is 11.7. The molecule has 2 heterocycles. The molecule has 0 spiro atoms. The van der Waals surface area contributed by atoms with E-state index < -0.39 is 0 Å². The summed E-state index contributed by atoms with van der Waals surface area (Å²) in [6.07, 6.45) is 1.94. The summed E-state index contributed by atoms with van der Waals surface area (Å²) in [5.74, 6) is 1.31. The number of thioether (sulfide) groups is 1. The number of aromatic nitrogens is 1. The Kier molecular flexibility index (Phi) is 8.44. The van der Waals surface area contributed by atoms with E-state index in [-0.39, 0.29) is 11.8 Å². The number of anilines is 2. The first kappa shape index (κ1) is 24.1. The van der Waals surface area contributed by atoms with Crippen LogP contribution in [0.2, 0.25) is 0 Å². The fraction of sp³-hybridized carbons (Fsp3) is 0.259. The van der Waals surface area contributed by atoms with Crippen molar-refractivity contribution in [1.82, 2.24) is 4.98 Å². The van der Waals surface area contributed by atoms with Gasteiger partial charge in [0.25, 0.3) is 0 Å². The second kappa shape index (κ2) is 11.9. The maximum atomic E-state index is 9.51. The minimum atomic E-state index is 0.132. The molecule has 34 heavy (non-hydrogen) atoms. The highest BCUT2D eigenvalue weighted by molar-refractivity contribution is 8.14. The number of aromatic hydroxyl groups is 1. The number of rotatable bonds is 6. The molecule has 5 rings (SSSR count). The molecule has 4 aromatic rings. The van der Waals surface area contributed by atoms with Gasteiger partial charge < -0.3 is 15.7 Å². The van der Waals surface area contributed by atoms with Crippen LogP contribution in [-0.4, -0.2) is 27.6 Å². The lowest BCUT2D eigenvalue weighted by molar-refractivity contribution is 0.475. The van der Waals surface area contributed by atoms with Crippen LogP contribution in [0.1, 0.15) is 37.4 Å². The smallest absolute Gasteiger partial charge is 0.183 e. The van der Waals surface area contributed by atoms with Crippen LogP contribution in [0.3, 0.4) is 0 Å². The highest BCUT2D eigenvalue weighted by atomic mass is 32.2. The second-order valence-corrected chi connectivity index (χ2v) is 9.78. The van der Waals surface area contributed by atoms with Crippen molar-refractivity contribution < 1.29 is 5.11 Å². The van der Waals surface area contributed by atoms with Crippen LogP contribution in [0.4, 0.5) is 10.8 Å². The van der Waals surface area contributed by atoms with Gasteiger partial charge in [-0.2, -0.15) is 0 Å². The third kappa shape index (κ3) is 6.30. The Bertz CT molecular complexity index is 1190. The number of aliphatic imine (C=N–C) groups is 1. The molecular weight excluding hydrogens is 460 g/mol. The molecule has 0 radical (unpaired) electrons. The predicted octanol–water partition coefficient (Wildman–Crippen LogP) is 7.33. The van der Waals surface area contributed by atoms with Crippen molar-refractivity contribution in [2.24, 2.45) is 4.99 Å². The van der Waals surface area contributed by atoms with E-state index in [1.54, 1.807) is 35.2 Å². The Labute approximate surface area is 209 Å². The third-order valence-electron chi connectivity index (χ3n) is 5.37. The summed E-state index contributed by atoms with van der Waals surface area (Å²) in [7, 11) is 0. The molecule has 176 valence electrons. The maximum Gasteiger partial charge on any atom is 0.183 e. The molecule has 1 aromatic heterocycles. The largest absolute Gasteiger partial charge is 0.508 e. The Hall–Kier alpha value is -3.03. The van der Waals surface area contributed by atoms with E-state index in [4.69, 9.17) is 4.99 Å². The average molecular weight is 491 g/mol. The molecule has 0 aliphatic carbocycles. The van der Waals surface area contributed by atoms with Gasteiger partial charge in [-0.25, -0.2) is 4.98 Å². The Morgan fingerprint density at radius 1 is 0.971 bits per heavy atom. The van der Waals surface area contributed by atoms with E-state index in [0.29, 0.717) is 0 Å². The van der Waals surface area contributed by atoms with Crippen LogP contribution >= 0.6 is 23.1 Å². The van der Waals surface area contributed by atoms with Crippen molar-refractivity contribution >= 4 is 49.3 Å². The van der Waals surface area contributed by atoms with E-state index in [0.717, 1.165) is 52.2 Å². The zero-order chi connectivity index (χ0) is 23.8. The molecule has 0 saturated heterocycles. The van der Waals surface area contributed by atoms with Gasteiger partial charge in [-0.05, 0) is 60.4 Å². The van der Waals surface area contributed by atoms with E-state index in [1.807, 2.05) is 44.2 Å². The highest BCUT2D eigenvalue weighted by Gasteiger charge is 2.17. The zero-order valence-corrected chi connectivity index (χ0v) is 21.1. The van der Waals surface area contributed by atoms with Crippen LogP contribution in [0.15, 0.2) is 77.8 Å². The number of benzene rings is 3. The molecular formula is C27H30N4OS2. The second-order valence-electron chi connectivity index (χ2n) is 7.66. The molecule has 1 atom stereocenters. The molecule has 1 unspecified atom stereocenters. The van der Waals surface area contributed by atoms with Crippen molar-refractivity contribution in [3.05, 3.63) is 83.9 Å². The topological polar surface area (TPSA) is 69.5 Å². The average Bonchev–Trinajstić information content (AvgIpc) is 3.30. The third-order valence-corrected chi connectivity index (χ3v) is 7.28. The number of thiazole rings is 1. The Balaban J connectivity index is 0.00000133. The highest BCUT2D eigenvalue weighted by Crippen LogP contribution is 2.31. The van der Waals surface area contributed by atoms with Crippen molar-refractivity contribution in [2.75, 3.05) is 22.9 Å². The van der Waals surface area contributed by atoms with Gasteiger partial charge in [0.1, 0.15) is 5.75 Å². The lowest BCUT2D eigenvalue weighted by Crippen LogP contribution is -2.16. The van der Waals surface area contributed by atoms with Gasteiger partial charge in [0.15, 0.2) is 10.3 Å². The molecule has 0 saturated carbocycles. The number of hydrogen-bond acceptors (Lipinski definition) is 7. The fourth-order valence-electron chi connectivity index (χ4n) is 3.66. The summed E-state index contributed by atoms with van der Waals surface area (Å²) < 4.78 is 1.21. The molecule has 5 nitrogen and oxygen atoms in total. The molecule has 0 bridgehead atoms. The van der Waals surface area contributed by atoms with Gasteiger partial charge in [0.05, 0.1) is 16.3 Å². The fourth-order valence-corrected chi connectivity index (χ4v) is 5.47. The summed E-state index contributed by atoms with van der Waals surface area (Å²) in [5.41, 5.74) is 4.51. The summed E-state index contributed by atoms with van der Waals surface area (Å²) in [5, 5.41) is 18.3. The van der Waals surface area contributed by atoms with E-state index in [2.05, 4.69) is 45.9 Å². The van der Waals surface area contributed by atoms with Crippen LogP contribution in [-0.2, 0) is 6.42 Å². The first-order chi connectivity index (χ1) is 16.7. The number of fused-ring (bicyclic) bond motifs is 1. The number of nitrogens with zero attached hydrogens (tertiary/aromatic N) is 2. The molecule has 1 aliphatic rings. The van der Waals surface area contributed by atoms with Gasteiger partial charge in [-0.15, -0.1) is 0 Å². The predicted molar refractivity (Wildman–Crippen MR) is 149 cm³/mol. The quantitative estimate of drug-likeness (QED) is 0.264. The summed E-state index contributed by atoms with van der Waals surface area (Å²) in [4.78, 5) is 9.50. The molecule has 3 aromatic carbocycles. The van der Waals surface area contributed by atoms with Crippen molar-refractivity contribution in [3.63, 3.8) is 0 Å². The number of nitrogens with one attached hydrogen (secondary N) is 2. The number of phenolic OH excluding ortho intramolecular Hbond substituents is 1. The molecule has 0 fully saturated rings. The SMILES string of the molecule is CC.Oc1ccc(C2CCSC(Nc3ccc(CCNc4nc5ccccc5s4)cc3)=N2)cc1. The lowest BCUT2D eigenvalue weighted by Gasteiger charge is -2.21. The normalized spacial score (nSPS) is 15.2. The number of para-hydroxylation sites is 1. The zero-order valence-electron chi connectivity index (χ0n) is 19.5. The number of phenols is 1. The molecule has 7 heteroatoms. The first-order valence-corrected chi connectivity index (χ1v) is 13.5.